The number of aliphatic hydroxyl groups excluding tert-OH is 1. The summed E-state index contributed by atoms with van der Waals surface area (Å²) < 4.78 is 10.7. The number of Topliss-reactive ketones (excluding diaryl/α,β-unsaturated/α-hetero) is 1. The molecule has 1 aromatic rings. The zero-order valence-electron chi connectivity index (χ0n) is 12.6. The van der Waals surface area contributed by atoms with E-state index < -0.39 is 6.10 Å². The predicted molar refractivity (Wildman–Crippen MR) is 77.7 cm³/mol. The lowest BCUT2D eigenvalue weighted by Crippen LogP contribution is -2.32. The average Bonchev–Trinajstić information content (AvgIpc) is 2.46. The Morgan fingerprint density at radius 2 is 1.85 bits per heavy atom. The number of methoxy groups -OCH3 is 1. The summed E-state index contributed by atoms with van der Waals surface area (Å²) in [5, 5.41) is 10.0. The largest absolute Gasteiger partial charge is 0.497 e. The van der Waals surface area contributed by atoms with Crippen LogP contribution < -0.4 is 4.74 Å². The molecule has 0 unspecified atom stereocenters. The molecule has 0 aliphatic rings. The van der Waals surface area contributed by atoms with Crippen molar-refractivity contribution in [2.24, 2.45) is 11.8 Å². The number of carbonyl (C=O) groups excluding carboxylic acids is 1. The van der Waals surface area contributed by atoms with Crippen molar-refractivity contribution in [2.45, 2.75) is 33.5 Å². The highest BCUT2D eigenvalue weighted by molar-refractivity contribution is 5.78. The van der Waals surface area contributed by atoms with Crippen LogP contribution in [0.15, 0.2) is 24.3 Å². The van der Waals surface area contributed by atoms with Crippen LogP contribution in [-0.4, -0.2) is 30.7 Å². The number of ketones is 1. The molecule has 0 aliphatic heterocycles. The second-order valence-corrected chi connectivity index (χ2v) is 5.23. The second kappa shape index (κ2) is 8.02. The monoisotopic (exact) mass is 280 g/mol. The number of hydrogen-bond donors (Lipinski definition) is 1. The van der Waals surface area contributed by atoms with Crippen LogP contribution in [0, 0.1) is 11.8 Å². The molecule has 0 aromatic heterocycles. The number of hydrogen-bond acceptors (Lipinski definition) is 4. The van der Waals surface area contributed by atoms with E-state index in [0.29, 0.717) is 13.2 Å². The van der Waals surface area contributed by atoms with Gasteiger partial charge in [-0.2, -0.15) is 0 Å². The Kier molecular flexibility index (Phi) is 6.68. The molecular formula is C16H24O4. The SMILES string of the molecule is COc1ccc(COC[C@@H](C)[C@@H](O)[C@H](C)C(C)=O)cc1. The minimum Gasteiger partial charge on any atom is -0.497 e. The van der Waals surface area contributed by atoms with Crippen molar-refractivity contribution in [1.29, 1.82) is 0 Å². The van der Waals surface area contributed by atoms with Gasteiger partial charge < -0.3 is 14.6 Å². The lowest BCUT2D eigenvalue weighted by atomic mass is 9.91. The number of rotatable bonds is 8. The molecule has 0 saturated heterocycles. The quantitative estimate of drug-likeness (QED) is 0.794. The van der Waals surface area contributed by atoms with Crippen molar-refractivity contribution in [3.63, 3.8) is 0 Å². The molecule has 112 valence electrons. The smallest absolute Gasteiger partial charge is 0.135 e. The third-order valence-corrected chi connectivity index (χ3v) is 3.55. The number of benzene rings is 1. The van der Waals surface area contributed by atoms with Gasteiger partial charge in [0.05, 0.1) is 26.4 Å². The highest BCUT2D eigenvalue weighted by Gasteiger charge is 2.24. The zero-order valence-corrected chi connectivity index (χ0v) is 12.6. The number of ether oxygens (including phenoxy) is 2. The average molecular weight is 280 g/mol. The van der Waals surface area contributed by atoms with Gasteiger partial charge in [-0.3, -0.25) is 4.79 Å². The van der Waals surface area contributed by atoms with Gasteiger partial charge in [0, 0.05) is 11.8 Å². The fourth-order valence-corrected chi connectivity index (χ4v) is 1.92. The minimum atomic E-state index is -0.664. The Morgan fingerprint density at radius 3 is 2.35 bits per heavy atom. The summed E-state index contributed by atoms with van der Waals surface area (Å²) >= 11 is 0. The lowest BCUT2D eigenvalue weighted by molar-refractivity contribution is -0.125. The van der Waals surface area contributed by atoms with Gasteiger partial charge in [0.25, 0.3) is 0 Å². The minimum absolute atomic E-state index is 0.000459. The van der Waals surface area contributed by atoms with E-state index in [2.05, 4.69) is 0 Å². The van der Waals surface area contributed by atoms with E-state index >= 15 is 0 Å². The summed E-state index contributed by atoms with van der Waals surface area (Å²) in [7, 11) is 1.63. The van der Waals surface area contributed by atoms with Crippen LogP contribution >= 0.6 is 0 Å². The number of carbonyl (C=O) groups is 1. The van der Waals surface area contributed by atoms with E-state index in [4.69, 9.17) is 9.47 Å². The third-order valence-electron chi connectivity index (χ3n) is 3.55. The van der Waals surface area contributed by atoms with E-state index in [9.17, 15) is 9.90 Å². The van der Waals surface area contributed by atoms with Crippen molar-refractivity contribution in [3.8, 4) is 5.75 Å². The molecule has 0 fully saturated rings. The first-order valence-electron chi connectivity index (χ1n) is 6.85. The van der Waals surface area contributed by atoms with E-state index in [1.54, 1.807) is 14.0 Å². The zero-order chi connectivity index (χ0) is 15.1. The van der Waals surface area contributed by atoms with Crippen LogP contribution in [0.3, 0.4) is 0 Å². The van der Waals surface area contributed by atoms with Crippen LogP contribution in [0.25, 0.3) is 0 Å². The second-order valence-electron chi connectivity index (χ2n) is 5.23. The summed E-state index contributed by atoms with van der Waals surface area (Å²) in [5.74, 6) is 0.383. The van der Waals surface area contributed by atoms with Crippen molar-refractivity contribution < 1.29 is 19.4 Å². The molecule has 0 bridgehead atoms. The Morgan fingerprint density at radius 1 is 1.25 bits per heavy atom. The molecule has 4 nitrogen and oxygen atoms in total. The molecule has 20 heavy (non-hydrogen) atoms. The predicted octanol–water partition coefficient (Wildman–Crippen LogP) is 2.43. The van der Waals surface area contributed by atoms with Crippen molar-refractivity contribution in [1.82, 2.24) is 0 Å². The molecule has 1 N–H and O–H groups in total. The number of aliphatic hydroxyl groups is 1. The molecule has 1 rings (SSSR count). The van der Waals surface area contributed by atoms with E-state index in [0.717, 1.165) is 11.3 Å². The van der Waals surface area contributed by atoms with Gasteiger partial charge >= 0.3 is 0 Å². The van der Waals surface area contributed by atoms with E-state index in [-0.39, 0.29) is 17.6 Å². The first-order valence-corrected chi connectivity index (χ1v) is 6.85. The lowest BCUT2D eigenvalue weighted by Gasteiger charge is -2.23. The molecule has 0 amide bonds. The molecule has 4 heteroatoms. The first kappa shape index (κ1) is 16.7. The summed E-state index contributed by atoms with van der Waals surface area (Å²) in [6.07, 6.45) is -0.664. The van der Waals surface area contributed by atoms with Gasteiger partial charge in [-0.1, -0.05) is 26.0 Å². The Labute approximate surface area is 120 Å². The molecule has 3 atom stereocenters. The topological polar surface area (TPSA) is 55.8 Å². The van der Waals surface area contributed by atoms with Gasteiger partial charge in [0.1, 0.15) is 11.5 Å². The van der Waals surface area contributed by atoms with Gasteiger partial charge in [0.15, 0.2) is 0 Å². The molecule has 0 radical (unpaired) electrons. The maximum absolute atomic E-state index is 11.2. The molecule has 0 saturated carbocycles. The summed E-state index contributed by atoms with van der Waals surface area (Å²) in [5.41, 5.74) is 1.05. The van der Waals surface area contributed by atoms with Crippen LogP contribution in [0.5, 0.6) is 5.75 Å². The standard InChI is InChI=1S/C16H24O4/c1-11(16(18)12(2)13(3)17)9-20-10-14-5-7-15(19-4)8-6-14/h5-8,11-12,16,18H,9-10H2,1-4H3/t11-,12-,16-/m1/s1. The van der Waals surface area contributed by atoms with Crippen molar-refractivity contribution >= 4 is 5.78 Å². The van der Waals surface area contributed by atoms with Crippen molar-refractivity contribution in [2.75, 3.05) is 13.7 Å². The molecule has 0 heterocycles. The van der Waals surface area contributed by atoms with Crippen LogP contribution in [0.2, 0.25) is 0 Å². The fourth-order valence-electron chi connectivity index (χ4n) is 1.92. The van der Waals surface area contributed by atoms with Gasteiger partial charge in [-0.05, 0) is 24.6 Å². The summed E-state index contributed by atoms with van der Waals surface area (Å²) in [6.45, 7) is 6.03. The van der Waals surface area contributed by atoms with Gasteiger partial charge in [-0.25, -0.2) is 0 Å². The van der Waals surface area contributed by atoms with Gasteiger partial charge in [0.2, 0.25) is 0 Å². The Bertz CT molecular complexity index is 413. The van der Waals surface area contributed by atoms with Crippen molar-refractivity contribution in [3.05, 3.63) is 29.8 Å². The fraction of sp³-hybridized carbons (Fsp3) is 0.562. The van der Waals surface area contributed by atoms with Crippen LogP contribution in [-0.2, 0) is 16.1 Å². The van der Waals surface area contributed by atoms with E-state index in [1.165, 1.54) is 6.92 Å². The highest BCUT2D eigenvalue weighted by atomic mass is 16.5. The molecule has 0 aliphatic carbocycles. The summed E-state index contributed by atoms with van der Waals surface area (Å²) in [4.78, 5) is 11.2. The summed E-state index contributed by atoms with van der Waals surface area (Å²) in [6, 6.07) is 7.65. The third kappa shape index (κ3) is 4.94. The molecule has 1 aromatic carbocycles. The highest BCUT2D eigenvalue weighted by Crippen LogP contribution is 2.16. The van der Waals surface area contributed by atoms with E-state index in [1.807, 2.05) is 31.2 Å². The first-order chi connectivity index (χ1) is 9.45. The maximum Gasteiger partial charge on any atom is 0.135 e. The molecular weight excluding hydrogens is 256 g/mol. The normalized spacial score (nSPS) is 15.4. The Hall–Kier alpha value is -1.39. The maximum atomic E-state index is 11.2. The Balaban J connectivity index is 2.37. The molecule has 0 spiro atoms. The van der Waals surface area contributed by atoms with Crippen LogP contribution in [0.4, 0.5) is 0 Å². The van der Waals surface area contributed by atoms with Gasteiger partial charge in [-0.15, -0.1) is 0 Å². The van der Waals surface area contributed by atoms with Crippen LogP contribution in [0.1, 0.15) is 26.3 Å².